The van der Waals surface area contributed by atoms with Crippen LogP contribution in [0.2, 0.25) is 0 Å². The Labute approximate surface area is 130 Å². The molecule has 0 saturated carbocycles. The summed E-state index contributed by atoms with van der Waals surface area (Å²) in [7, 11) is 0. The van der Waals surface area contributed by atoms with Gasteiger partial charge in [0, 0.05) is 20.7 Å². The first kappa shape index (κ1) is 11.9. The molecule has 2 aromatic carbocycles. The number of pyridine rings is 1. The quantitative estimate of drug-likeness (QED) is 0.442. The summed E-state index contributed by atoms with van der Waals surface area (Å²) in [5.74, 6) is 0. The zero-order valence-corrected chi connectivity index (χ0v) is 12.8. The van der Waals surface area contributed by atoms with Crippen molar-refractivity contribution in [3.05, 3.63) is 70.4 Å². The zero-order chi connectivity index (χ0) is 13.5. The van der Waals surface area contributed by atoms with Gasteiger partial charge in [-0.1, -0.05) is 36.4 Å². The van der Waals surface area contributed by atoms with E-state index < -0.39 is 0 Å². The second-order valence-corrected chi connectivity index (χ2v) is 6.01. The van der Waals surface area contributed by atoms with Crippen LogP contribution in [-0.4, -0.2) is 9.61 Å². The van der Waals surface area contributed by atoms with Gasteiger partial charge in [-0.05, 0) is 52.2 Å². The highest BCUT2D eigenvalue weighted by Crippen LogP contribution is 2.25. The van der Waals surface area contributed by atoms with E-state index in [9.17, 15) is 0 Å². The predicted molar refractivity (Wildman–Crippen MR) is 90.9 cm³/mol. The van der Waals surface area contributed by atoms with Gasteiger partial charge < -0.3 is 0 Å². The van der Waals surface area contributed by atoms with E-state index in [0.717, 1.165) is 16.8 Å². The van der Waals surface area contributed by atoms with Crippen LogP contribution < -0.4 is 0 Å². The fourth-order valence-corrected chi connectivity index (χ4v) is 2.86. The standard InChI is InChI=1S/C17H11IN2/c18-14-7-5-13(6-8-14)16-11-17-15-4-2-1-3-12(15)9-10-20(17)19-16/h1-11H. The molecule has 0 saturated heterocycles. The molecule has 2 aromatic heterocycles. The highest BCUT2D eigenvalue weighted by molar-refractivity contribution is 14.1. The van der Waals surface area contributed by atoms with Crippen LogP contribution in [0.1, 0.15) is 0 Å². The van der Waals surface area contributed by atoms with Gasteiger partial charge in [0.15, 0.2) is 0 Å². The smallest absolute Gasteiger partial charge is 0.0933 e. The van der Waals surface area contributed by atoms with Crippen molar-refractivity contribution < 1.29 is 0 Å². The molecule has 0 aliphatic heterocycles. The summed E-state index contributed by atoms with van der Waals surface area (Å²) >= 11 is 2.32. The fourth-order valence-electron chi connectivity index (χ4n) is 2.50. The van der Waals surface area contributed by atoms with E-state index in [4.69, 9.17) is 0 Å². The van der Waals surface area contributed by atoms with E-state index in [2.05, 4.69) is 88.4 Å². The average Bonchev–Trinajstić information content (AvgIpc) is 2.92. The van der Waals surface area contributed by atoms with Crippen LogP contribution >= 0.6 is 22.6 Å². The van der Waals surface area contributed by atoms with Gasteiger partial charge in [0.25, 0.3) is 0 Å². The van der Waals surface area contributed by atoms with Crippen molar-refractivity contribution in [2.24, 2.45) is 0 Å². The summed E-state index contributed by atoms with van der Waals surface area (Å²) in [6.07, 6.45) is 2.02. The Hall–Kier alpha value is -1.88. The van der Waals surface area contributed by atoms with E-state index in [1.807, 2.05) is 10.7 Å². The number of hydrogen-bond donors (Lipinski definition) is 0. The molecular weight excluding hydrogens is 359 g/mol. The van der Waals surface area contributed by atoms with Gasteiger partial charge in [-0.3, -0.25) is 0 Å². The van der Waals surface area contributed by atoms with Crippen molar-refractivity contribution in [1.29, 1.82) is 0 Å². The van der Waals surface area contributed by atoms with Gasteiger partial charge in [0.2, 0.25) is 0 Å². The lowest BCUT2D eigenvalue weighted by Gasteiger charge is -1.98. The maximum atomic E-state index is 4.68. The molecule has 20 heavy (non-hydrogen) atoms. The van der Waals surface area contributed by atoms with Crippen LogP contribution in [0.3, 0.4) is 0 Å². The number of benzene rings is 2. The van der Waals surface area contributed by atoms with Crippen molar-refractivity contribution >= 4 is 38.9 Å². The molecule has 0 N–H and O–H groups in total. The second-order valence-electron chi connectivity index (χ2n) is 4.77. The molecule has 0 atom stereocenters. The van der Waals surface area contributed by atoms with Gasteiger partial charge in [0.1, 0.15) is 0 Å². The van der Waals surface area contributed by atoms with Crippen LogP contribution in [-0.2, 0) is 0 Å². The average molecular weight is 370 g/mol. The summed E-state index contributed by atoms with van der Waals surface area (Å²) in [4.78, 5) is 0. The van der Waals surface area contributed by atoms with E-state index in [1.165, 1.54) is 14.3 Å². The number of aromatic nitrogens is 2. The maximum absolute atomic E-state index is 4.68. The van der Waals surface area contributed by atoms with E-state index in [1.54, 1.807) is 0 Å². The van der Waals surface area contributed by atoms with Crippen molar-refractivity contribution in [2.45, 2.75) is 0 Å². The third-order valence-electron chi connectivity index (χ3n) is 3.51. The molecule has 0 bridgehead atoms. The molecule has 3 heteroatoms. The van der Waals surface area contributed by atoms with Crippen LogP contribution in [0.5, 0.6) is 0 Å². The third kappa shape index (κ3) is 1.89. The number of rotatable bonds is 1. The summed E-state index contributed by atoms with van der Waals surface area (Å²) in [6, 6.07) is 21.1. The van der Waals surface area contributed by atoms with Crippen LogP contribution in [0, 0.1) is 3.57 Å². The van der Waals surface area contributed by atoms with Gasteiger partial charge >= 0.3 is 0 Å². The minimum atomic E-state index is 1.01. The topological polar surface area (TPSA) is 17.3 Å². The normalized spacial score (nSPS) is 11.2. The molecule has 0 unspecified atom stereocenters. The lowest BCUT2D eigenvalue weighted by molar-refractivity contribution is 0.971. The number of halogens is 1. The molecule has 0 aliphatic rings. The summed E-state index contributed by atoms with van der Waals surface area (Å²) in [5, 5.41) is 7.16. The van der Waals surface area contributed by atoms with Crippen LogP contribution in [0.4, 0.5) is 0 Å². The molecule has 0 aliphatic carbocycles. The lowest BCUT2D eigenvalue weighted by atomic mass is 10.1. The Kier molecular flexibility index (Phi) is 2.73. The Morgan fingerprint density at radius 2 is 1.70 bits per heavy atom. The number of hydrogen-bond acceptors (Lipinski definition) is 1. The predicted octanol–water partition coefficient (Wildman–Crippen LogP) is 4.76. The van der Waals surface area contributed by atoms with E-state index >= 15 is 0 Å². The van der Waals surface area contributed by atoms with Gasteiger partial charge in [-0.2, -0.15) is 5.10 Å². The van der Waals surface area contributed by atoms with E-state index in [0.29, 0.717) is 0 Å². The van der Waals surface area contributed by atoms with E-state index in [-0.39, 0.29) is 0 Å². The Bertz CT molecular complexity index is 907. The molecule has 4 aromatic rings. The molecule has 0 amide bonds. The lowest BCUT2D eigenvalue weighted by Crippen LogP contribution is -1.87. The first-order valence-corrected chi connectivity index (χ1v) is 7.52. The van der Waals surface area contributed by atoms with Gasteiger partial charge in [-0.25, -0.2) is 4.52 Å². The van der Waals surface area contributed by atoms with Crippen molar-refractivity contribution in [2.75, 3.05) is 0 Å². The molecule has 0 spiro atoms. The molecule has 0 radical (unpaired) electrons. The number of fused-ring (bicyclic) bond motifs is 3. The first-order chi connectivity index (χ1) is 9.81. The van der Waals surface area contributed by atoms with Gasteiger partial charge in [-0.15, -0.1) is 0 Å². The molecule has 0 fully saturated rings. The molecule has 96 valence electrons. The Balaban J connectivity index is 1.98. The Morgan fingerprint density at radius 3 is 2.55 bits per heavy atom. The van der Waals surface area contributed by atoms with Crippen molar-refractivity contribution in [3.63, 3.8) is 0 Å². The van der Waals surface area contributed by atoms with Crippen molar-refractivity contribution in [1.82, 2.24) is 9.61 Å². The van der Waals surface area contributed by atoms with Crippen LogP contribution in [0.15, 0.2) is 66.9 Å². The number of nitrogens with zero attached hydrogens (tertiary/aromatic N) is 2. The SMILES string of the molecule is Ic1ccc(-c2cc3c4ccccc4ccn3n2)cc1. The maximum Gasteiger partial charge on any atom is 0.0933 e. The Morgan fingerprint density at radius 1 is 0.900 bits per heavy atom. The summed E-state index contributed by atoms with van der Waals surface area (Å²) < 4.78 is 3.19. The zero-order valence-electron chi connectivity index (χ0n) is 10.6. The monoisotopic (exact) mass is 370 g/mol. The van der Waals surface area contributed by atoms with Crippen molar-refractivity contribution in [3.8, 4) is 11.3 Å². The second kappa shape index (κ2) is 4.59. The highest BCUT2D eigenvalue weighted by Gasteiger charge is 2.07. The molecular formula is C17H11IN2. The summed E-state index contributed by atoms with van der Waals surface area (Å²) in [5.41, 5.74) is 3.31. The molecule has 4 rings (SSSR count). The summed E-state index contributed by atoms with van der Waals surface area (Å²) in [6.45, 7) is 0. The largest absolute Gasteiger partial charge is 0.240 e. The molecule has 2 nitrogen and oxygen atoms in total. The minimum Gasteiger partial charge on any atom is -0.240 e. The van der Waals surface area contributed by atoms with Gasteiger partial charge in [0.05, 0.1) is 11.2 Å². The minimum absolute atomic E-state index is 1.01. The first-order valence-electron chi connectivity index (χ1n) is 6.44. The fraction of sp³-hybridized carbons (Fsp3) is 0. The van der Waals surface area contributed by atoms with Crippen LogP contribution in [0.25, 0.3) is 27.5 Å². The molecule has 2 heterocycles. The third-order valence-corrected chi connectivity index (χ3v) is 4.23. The highest BCUT2D eigenvalue weighted by atomic mass is 127.